The van der Waals surface area contributed by atoms with Crippen LogP contribution in [0.15, 0.2) is 36.5 Å². The highest BCUT2D eigenvalue weighted by atomic mass is 35.5. The summed E-state index contributed by atoms with van der Waals surface area (Å²) in [4.78, 5) is 45.7. The monoisotopic (exact) mass is 501 g/mol. The molecule has 2 N–H and O–H groups in total. The molecule has 9 nitrogen and oxygen atoms in total. The number of likely N-dealkylation sites (N-methyl/N-ethyl adjacent to an activating group) is 1. The molecule has 1 aliphatic rings. The lowest BCUT2D eigenvalue weighted by Gasteiger charge is -2.50. The van der Waals surface area contributed by atoms with Crippen LogP contribution in [-0.4, -0.2) is 80.1 Å². The molecule has 35 heavy (non-hydrogen) atoms. The quantitative estimate of drug-likeness (QED) is 0.539. The molecule has 0 spiro atoms. The Morgan fingerprint density at radius 2 is 1.94 bits per heavy atom. The summed E-state index contributed by atoms with van der Waals surface area (Å²) in [6.07, 6.45) is 0.992. The number of anilines is 1. The van der Waals surface area contributed by atoms with Crippen LogP contribution in [0.5, 0.6) is 0 Å². The summed E-state index contributed by atoms with van der Waals surface area (Å²) in [5, 5.41) is 5.66. The van der Waals surface area contributed by atoms with Crippen molar-refractivity contribution in [1.29, 1.82) is 0 Å². The standard InChI is InChI=1S/C25H32ClN5O4/c1-16(2)17-8-6-7-9-19(17)25(14-31(15-25)11-10-30(4)24(34)35-5)23(33)29-20-13-28-21(26)12-18(20)22(32)27-3/h6-9,12-13,16H,10-11,14-15H2,1-5H3,(H,27,32)(H,29,33). The van der Waals surface area contributed by atoms with E-state index in [2.05, 4.69) is 34.4 Å². The van der Waals surface area contributed by atoms with Crippen LogP contribution < -0.4 is 10.6 Å². The van der Waals surface area contributed by atoms with Crippen molar-refractivity contribution in [1.82, 2.24) is 20.1 Å². The van der Waals surface area contributed by atoms with Gasteiger partial charge in [0, 0.05) is 40.3 Å². The third-order valence-corrected chi connectivity index (χ3v) is 6.56. The molecule has 1 aliphatic heterocycles. The number of hydrogen-bond donors (Lipinski definition) is 2. The number of rotatable bonds is 8. The number of likely N-dealkylation sites (tertiary alicyclic amines) is 1. The van der Waals surface area contributed by atoms with Crippen molar-refractivity contribution in [2.45, 2.75) is 25.2 Å². The molecule has 188 valence electrons. The van der Waals surface area contributed by atoms with Gasteiger partial charge in [-0.1, -0.05) is 49.7 Å². The van der Waals surface area contributed by atoms with E-state index < -0.39 is 11.5 Å². The first kappa shape index (κ1) is 26.4. The lowest BCUT2D eigenvalue weighted by atomic mass is 9.69. The van der Waals surface area contributed by atoms with Gasteiger partial charge in [-0.3, -0.25) is 14.5 Å². The number of halogens is 1. The number of ether oxygens (including phenoxy) is 1. The van der Waals surface area contributed by atoms with Crippen LogP contribution in [0, 0.1) is 0 Å². The minimum absolute atomic E-state index is 0.158. The molecule has 0 unspecified atom stereocenters. The smallest absolute Gasteiger partial charge is 0.409 e. The van der Waals surface area contributed by atoms with Crippen molar-refractivity contribution in [2.75, 3.05) is 52.7 Å². The predicted molar refractivity (Wildman–Crippen MR) is 135 cm³/mol. The third-order valence-electron chi connectivity index (χ3n) is 6.35. The number of hydrogen-bond acceptors (Lipinski definition) is 6. The molecule has 0 bridgehead atoms. The van der Waals surface area contributed by atoms with E-state index in [0.29, 0.717) is 31.9 Å². The molecule has 0 aliphatic carbocycles. The number of benzene rings is 1. The second-order valence-electron chi connectivity index (χ2n) is 9.01. The first-order valence-corrected chi connectivity index (χ1v) is 11.8. The summed E-state index contributed by atoms with van der Waals surface area (Å²) in [7, 11) is 4.53. The summed E-state index contributed by atoms with van der Waals surface area (Å²) >= 11 is 6.00. The number of aromatic nitrogens is 1. The topological polar surface area (TPSA) is 104 Å². The second-order valence-corrected chi connectivity index (χ2v) is 9.40. The fraction of sp³-hybridized carbons (Fsp3) is 0.440. The van der Waals surface area contributed by atoms with E-state index in [0.717, 1.165) is 11.1 Å². The van der Waals surface area contributed by atoms with Gasteiger partial charge in [-0.05, 0) is 23.1 Å². The van der Waals surface area contributed by atoms with Crippen molar-refractivity contribution >= 4 is 35.2 Å². The molecule has 3 rings (SSSR count). The van der Waals surface area contributed by atoms with Gasteiger partial charge in [0.2, 0.25) is 5.91 Å². The Balaban J connectivity index is 1.91. The zero-order valence-corrected chi connectivity index (χ0v) is 21.5. The number of carbonyl (C=O) groups excluding carboxylic acids is 3. The van der Waals surface area contributed by atoms with Crippen molar-refractivity contribution in [2.24, 2.45) is 0 Å². The highest BCUT2D eigenvalue weighted by Crippen LogP contribution is 2.40. The fourth-order valence-electron chi connectivity index (χ4n) is 4.38. The Morgan fingerprint density at radius 3 is 2.57 bits per heavy atom. The average molecular weight is 502 g/mol. The van der Waals surface area contributed by atoms with E-state index in [-0.39, 0.29) is 28.4 Å². The molecule has 10 heteroatoms. The summed E-state index contributed by atoms with van der Waals surface area (Å²) < 4.78 is 4.76. The Hall–Kier alpha value is -3.17. The maximum absolute atomic E-state index is 13.9. The van der Waals surface area contributed by atoms with Gasteiger partial charge in [0.1, 0.15) is 5.15 Å². The third kappa shape index (κ3) is 5.57. The van der Waals surface area contributed by atoms with Gasteiger partial charge in [0.15, 0.2) is 0 Å². The molecule has 1 fully saturated rings. The van der Waals surface area contributed by atoms with E-state index in [4.69, 9.17) is 16.3 Å². The van der Waals surface area contributed by atoms with Crippen LogP contribution in [0.4, 0.5) is 10.5 Å². The van der Waals surface area contributed by atoms with Gasteiger partial charge in [-0.15, -0.1) is 0 Å². The Morgan fingerprint density at radius 1 is 1.26 bits per heavy atom. The minimum atomic E-state index is -0.829. The number of carbonyl (C=O) groups is 3. The van der Waals surface area contributed by atoms with Gasteiger partial charge in [-0.25, -0.2) is 9.78 Å². The van der Waals surface area contributed by atoms with Crippen molar-refractivity contribution in [3.05, 3.63) is 58.4 Å². The van der Waals surface area contributed by atoms with Gasteiger partial charge >= 0.3 is 6.09 Å². The number of nitrogens with zero attached hydrogens (tertiary/aromatic N) is 3. The number of methoxy groups -OCH3 is 1. The van der Waals surface area contributed by atoms with Crippen LogP contribution in [0.1, 0.15) is 41.3 Å². The van der Waals surface area contributed by atoms with Gasteiger partial charge < -0.3 is 20.3 Å². The maximum atomic E-state index is 13.9. The Kier molecular flexibility index (Phi) is 8.34. The Bertz CT molecular complexity index is 1100. The minimum Gasteiger partial charge on any atom is -0.453 e. The summed E-state index contributed by atoms with van der Waals surface area (Å²) in [6.45, 7) is 6.19. The average Bonchev–Trinajstić information content (AvgIpc) is 2.83. The summed E-state index contributed by atoms with van der Waals surface area (Å²) in [5.41, 5.74) is 1.75. The van der Waals surface area contributed by atoms with Crippen molar-refractivity contribution < 1.29 is 19.1 Å². The number of nitrogens with one attached hydrogen (secondary N) is 2. The van der Waals surface area contributed by atoms with E-state index in [1.807, 2.05) is 24.3 Å². The molecule has 1 aromatic heterocycles. The van der Waals surface area contributed by atoms with E-state index in [1.54, 1.807) is 7.05 Å². The molecule has 2 heterocycles. The zero-order valence-electron chi connectivity index (χ0n) is 20.7. The molecule has 2 aromatic rings. The van der Waals surface area contributed by atoms with Crippen molar-refractivity contribution in [3.8, 4) is 0 Å². The largest absolute Gasteiger partial charge is 0.453 e. The normalized spacial score (nSPS) is 14.7. The van der Waals surface area contributed by atoms with E-state index >= 15 is 0 Å². The van der Waals surface area contributed by atoms with Crippen LogP contribution >= 0.6 is 11.6 Å². The highest BCUT2D eigenvalue weighted by molar-refractivity contribution is 6.30. The fourth-order valence-corrected chi connectivity index (χ4v) is 4.54. The van der Waals surface area contributed by atoms with E-state index in [1.165, 1.54) is 31.3 Å². The lowest BCUT2D eigenvalue weighted by Crippen LogP contribution is -2.66. The maximum Gasteiger partial charge on any atom is 0.409 e. The molecule has 0 saturated carbocycles. The molecular formula is C25H32ClN5O4. The van der Waals surface area contributed by atoms with Gasteiger partial charge in [0.05, 0.1) is 30.0 Å². The van der Waals surface area contributed by atoms with Gasteiger partial charge in [-0.2, -0.15) is 0 Å². The van der Waals surface area contributed by atoms with Crippen LogP contribution in [0.25, 0.3) is 0 Å². The first-order valence-electron chi connectivity index (χ1n) is 11.4. The van der Waals surface area contributed by atoms with Crippen LogP contribution in [-0.2, 0) is 14.9 Å². The summed E-state index contributed by atoms with van der Waals surface area (Å²) in [6, 6.07) is 9.37. The van der Waals surface area contributed by atoms with Crippen LogP contribution in [0.3, 0.4) is 0 Å². The number of pyridine rings is 1. The van der Waals surface area contributed by atoms with Crippen LogP contribution in [0.2, 0.25) is 5.15 Å². The lowest BCUT2D eigenvalue weighted by molar-refractivity contribution is -0.128. The SMILES string of the molecule is CNC(=O)c1cc(Cl)ncc1NC(=O)C1(c2ccccc2C(C)C)CN(CCN(C)C(=O)OC)C1. The number of amides is 3. The van der Waals surface area contributed by atoms with Crippen molar-refractivity contribution in [3.63, 3.8) is 0 Å². The predicted octanol–water partition coefficient (Wildman–Crippen LogP) is 3.11. The first-order chi connectivity index (χ1) is 16.6. The molecule has 0 radical (unpaired) electrons. The molecule has 0 atom stereocenters. The molecule has 1 aromatic carbocycles. The highest BCUT2D eigenvalue weighted by Gasteiger charge is 2.51. The molecular weight excluding hydrogens is 470 g/mol. The molecule has 3 amide bonds. The zero-order chi connectivity index (χ0) is 25.8. The summed E-state index contributed by atoms with van der Waals surface area (Å²) in [5.74, 6) is -0.381. The second kappa shape index (κ2) is 11.0. The molecule has 1 saturated heterocycles. The van der Waals surface area contributed by atoms with Gasteiger partial charge in [0.25, 0.3) is 5.91 Å². The van der Waals surface area contributed by atoms with E-state index in [9.17, 15) is 14.4 Å². The Labute approximate surface area is 210 Å².